The third-order valence-electron chi connectivity index (χ3n) is 2.97. The second-order valence-corrected chi connectivity index (χ2v) is 4.26. The number of aryl methyl sites for hydroxylation is 1. The highest BCUT2D eigenvalue weighted by atomic mass is 16.5. The van der Waals surface area contributed by atoms with Gasteiger partial charge in [0.1, 0.15) is 0 Å². The number of hydrogen-bond acceptors (Lipinski definition) is 4. The molecular formula is C14H17NO3. The van der Waals surface area contributed by atoms with Crippen LogP contribution in [0.1, 0.15) is 24.3 Å². The first-order valence-electron chi connectivity index (χ1n) is 5.78. The maximum Gasteiger partial charge on any atom is 0.162 e. The van der Waals surface area contributed by atoms with E-state index in [0.29, 0.717) is 17.2 Å². The molecule has 18 heavy (non-hydrogen) atoms. The highest BCUT2D eigenvalue weighted by molar-refractivity contribution is 5.85. The highest BCUT2D eigenvalue weighted by Gasteiger charge is 2.11. The summed E-state index contributed by atoms with van der Waals surface area (Å²) >= 11 is 0. The van der Waals surface area contributed by atoms with Crippen LogP contribution in [-0.2, 0) is 0 Å². The maximum atomic E-state index is 9.62. The first-order valence-corrected chi connectivity index (χ1v) is 5.78. The lowest BCUT2D eigenvalue weighted by Gasteiger charge is -2.12. The van der Waals surface area contributed by atoms with Gasteiger partial charge in [-0.25, -0.2) is 4.98 Å². The van der Waals surface area contributed by atoms with Gasteiger partial charge in [-0.2, -0.15) is 0 Å². The summed E-state index contributed by atoms with van der Waals surface area (Å²) in [5.74, 6) is 1.32. The zero-order valence-corrected chi connectivity index (χ0v) is 11.0. The third kappa shape index (κ3) is 2.11. The fourth-order valence-electron chi connectivity index (χ4n) is 1.96. The average molecular weight is 247 g/mol. The van der Waals surface area contributed by atoms with Crippen molar-refractivity contribution < 1.29 is 14.6 Å². The normalized spacial score (nSPS) is 12.5. The van der Waals surface area contributed by atoms with E-state index in [1.807, 2.05) is 25.1 Å². The van der Waals surface area contributed by atoms with E-state index < -0.39 is 6.10 Å². The summed E-state index contributed by atoms with van der Waals surface area (Å²) in [5, 5.41) is 10.6. The number of aliphatic hydroxyl groups is 1. The molecule has 2 rings (SSSR count). The number of hydrogen-bond donors (Lipinski definition) is 1. The SMILES string of the molecule is COc1cc2nc(C(C)O)cc(C)c2cc1OC. The van der Waals surface area contributed by atoms with Crippen molar-refractivity contribution in [2.75, 3.05) is 14.2 Å². The van der Waals surface area contributed by atoms with Gasteiger partial charge in [0.15, 0.2) is 11.5 Å². The lowest BCUT2D eigenvalue weighted by Crippen LogP contribution is -1.98. The minimum Gasteiger partial charge on any atom is -0.493 e. The number of nitrogens with zero attached hydrogens (tertiary/aromatic N) is 1. The molecule has 2 aromatic rings. The van der Waals surface area contributed by atoms with Gasteiger partial charge in [-0.15, -0.1) is 0 Å². The summed E-state index contributed by atoms with van der Waals surface area (Å²) in [5.41, 5.74) is 2.51. The van der Waals surface area contributed by atoms with E-state index >= 15 is 0 Å². The van der Waals surface area contributed by atoms with Crippen molar-refractivity contribution in [2.24, 2.45) is 0 Å². The van der Waals surface area contributed by atoms with E-state index in [1.54, 1.807) is 21.1 Å². The fourth-order valence-corrected chi connectivity index (χ4v) is 1.96. The van der Waals surface area contributed by atoms with Crippen LogP contribution in [0.4, 0.5) is 0 Å². The van der Waals surface area contributed by atoms with Crippen LogP contribution in [0.5, 0.6) is 11.5 Å². The molecule has 0 bridgehead atoms. The number of fused-ring (bicyclic) bond motifs is 1. The van der Waals surface area contributed by atoms with Crippen molar-refractivity contribution in [3.05, 3.63) is 29.5 Å². The Morgan fingerprint density at radius 2 is 1.72 bits per heavy atom. The smallest absolute Gasteiger partial charge is 0.162 e. The van der Waals surface area contributed by atoms with Crippen LogP contribution in [0, 0.1) is 6.92 Å². The number of ether oxygens (including phenoxy) is 2. The molecule has 1 aromatic heterocycles. The van der Waals surface area contributed by atoms with Crippen LogP contribution in [0.2, 0.25) is 0 Å². The Balaban J connectivity index is 2.72. The molecule has 1 N–H and O–H groups in total. The molecule has 0 aliphatic rings. The lowest BCUT2D eigenvalue weighted by molar-refractivity contribution is 0.194. The Morgan fingerprint density at radius 1 is 1.11 bits per heavy atom. The molecular weight excluding hydrogens is 230 g/mol. The minimum absolute atomic E-state index is 0.582. The predicted molar refractivity (Wildman–Crippen MR) is 70.2 cm³/mol. The molecule has 0 aliphatic heterocycles. The Bertz CT molecular complexity index is 579. The van der Waals surface area contributed by atoms with Gasteiger partial charge in [0, 0.05) is 11.5 Å². The Hall–Kier alpha value is -1.81. The summed E-state index contributed by atoms with van der Waals surface area (Å²) in [4.78, 5) is 4.43. The van der Waals surface area contributed by atoms with E-state index in [1.165, 1.54) is 0 Å². The molecule has 1 aromatic carbocycles. The minimum atomic E-state index is -0.582. The molecule has 4 nitrogen and oxygen atoms in total. The van der Waals surface area contributed by atoms with Gasteiger partial charge < -0.3 is 14.6 Å². The molecule has 0 spiro atoms. The molecule has 1 unspecified atom stereocenters. The van der Waals surface area contributed by atoms with Crippen LogP contribution in [0.3, 0.4) is 0 Å². The second-order valence-electron chi connectivity index (χ2n) is 4.26. The third-order valence-corrected chi connectivity index (χ3v) is 2.97. The molecule has 0 amide bonds. The van der Waals surface area contributed by atoms with E-state index in [4.69, 9.17) is 9.47 Å². The number of pyridine rings is 1. The standard InChI is InChI=1S/C14H17NO3/c1-8-5-11(9(2)16)15-12-7-14(18-4)13(17-3)6-10(8)12/h5-7,9,16H,1-4H3. The molecule has 0 radical (unpaired) electrons. The van der Waals surface area contributed by atoms with Gasteiger partial charge in [-0.1, -0.05) is 0 Å². The Kier molecular flexibility index (Phi) is 3.39. The molecule has 1 atom stereocenters. The van der Waals surface area contributed by atoms with Crippen molar-refractivity contribution in [1.29, 1.82) is 0 Å². The molecule has 0 aliphatic carbocycles. The Labute approximate surface area is 106 Å². The summed E-state index contributed by atoms with van der Waals surface area (Å²) < 4.78 is 10.5. The van der Waals surface area contributed by atoms with Crippen molar-refractivity contribution in [1.82, 2.24) is 4.98 Å². The second kappa shape index (κ2) is 4.82. The van der Waals surface area contributed by atoms with Gasteiger partial charge in [0.25, 0.3) is 0 Å². The van der Waals surface area contributed by atoms with Gasteiger partial charge in [-0.3, -0.25) is 0 Å². The van der Waals surface area contributed by atoms with Crippen LogP contribution in [0.25, 0.3) is 10.9 Å². The topological polar surface area (TPSA) is 51.6 Å². The number of benzene rings is 1. The first kappa shape index (κ1) is 12.6. The summed E-state index contributed by atoms with van der Waals surface area (Å²) in [7, 11) is 3.20. The van der Waals surface area contributed by atoms with Gasteiger partial charge in [0.2, 0.25) is 0 Å². The zero-order valence-electron chi connectivity index (χ0n) is 11.0. The molecule has 0 fully saturated rings. The van der Waals surface area contributed by atoms with Crippen molar-refractivity contribution in [3.63, 3.8) is 0 Å². The van der Waals surface area contributed by atoms with E-state index in [-0.39, 0.29) is 0 Å². The largest absolute Gasteiger partial charge is 0.493 e. The summed E-state index contributed by atoms with van der Waals surface area (Å²) in [6.45, 7) is 3.69. The predicted octanol–water partition coefficient (Wildman–Crippen LogP) is 2.61. The van der Waals surface area contributed by atoms with E-state index in [0.717, 1.165) is 16.5 Å². The zero-order chi connectivity index (χ0) is 13.3. The fraction of sp³-hybridized carbons (Fsp3) is 0.357. The van der Waals surface area contributed by atoms with Crippen molar-refractivity contribution in [2.45, 2.75) is 20.0 Å². The van der Waals surface area contributed by atoms with Crippen LogP contribution in [-0.4, -0.2) is 24.3 Å². The summed E-state index contributed by atoms with van der Waals surface area (Å²) in [6, 6.07) is 5.62. The summed E-state index contributed by atoms with van der Waals surface area (Å²) in [6.07, 6.45) is -0.582. The number of methoxy groups -OCH3 is 2. The van der Waals surface area contributed by atoms with E-state index in [9.17, 15) is 5.11 Å². The lowest BCUT2D eigenvalue weighted by atomic mass is 10.1. The molecule has 96 valence electrons. The van der Waals surface area contributed by atoms with Crippen LogP contribution in [0.15, 0.2) is 18.2 Å². The monoisotopic (exact) mass is 247 g/mol. The first-order chi connectivity index (χ1) is 8.56. The van der Waals surface area contributed by atoms with Gasteiger partial charge in [0.05, 0.1) is 31.5 Å². The van der Waals surface area contributed by atoms with E-state index in [2.05, 4.69) is 4.98 Å². The highest BCUT2D eigenvalue weighted by Crippen LogP contribution is 2.33. The van der Waals surface area contributed by atoms with Crippen LogP contribution >= 0.6 is 0 Å². The number of aromatic nitrogens is 1. The molecule has 0 saturated carbocycles. The number of aliphatic hydroxyl groups excluding tert-OH is 1. The molecule has 4 heteroatoms. The quantitative estimate of drug-likeness (QED) is 0.905. The van der Waals surface area contributed by atoms with Gasteiger partial charge >= 0.3 is 0 Å². The van der Waals surface area contributed by atoms with Crippen LogP contribution < -0.4 is 9.47 Å². The maximum absolute atomic E-state index is 9.62. The number of rotatable bonds is 3. The van der Waals surface area contributed by atoms with Crippen molar-refractivity contribution >= 4 is 10.9 Å². The van der Waals surface area contributed by atoms with Gasteiger partial charge in [-0.05, 0) is 31.5 Å². The average Bonchev–Trinajstić information content (AvgIpc) is 2.36. The Morgan fingerprint density at radius 3 is 2.28 bits per heavy atom. The molecule has 1 heterocycles. The molecule has 0 saturated heterocycles. The van der Waals surface area contributed by atoms with Crippen molar-refractivity contribution in [3.8, 4) is 11.5 Å².